The minimum absolute atomic E-state index is 0.213. The lowest BCUT2D eigenvalue weighted by Gasteiger charge is -2.22. The van der Waals surface area contributed by atoms with Gasteiger partial charge in [-0.05, 0) is 65.7 Å². The van der Waals surface area contributed by atoms with Gasteiger partial charge in [-0.3, -0.25) is 0 Å². The van der Waals surface area contributed by atoms with Gasteiger partial charge in [0.15, 0.2) is 0 Å². The topological polar surface area (TPSA) is 0 Å². The molecule has 7 aromatic carbocycles. The molecule has 0 amide bonds. The first-order valence-electron chi connectivity index (χ1n) is 13.5. The number of rotatable bonds is 3. The summed E-state index contributed by atoms with van der Waals surface area (Å²) in [6.45, 7) is 0. The van der Waals surface area contributed by atoms with Gasteiger partial charge < -0.3 is 0 Å². The molecule has 0 N–H and O–H groups in total. The minimum atomic E-state index is 0.213. The molecule has 0 spiro atoms. The fourth-order valence-corrected chi connectivity index (χ4v) is 6.14. The van der Waals surface area contributed by atoms with Gasteiger partial charge in [0.25, 0.3) is 0 Å². The van der Waals surface area contributed by atoms with Crippen LogP contribution in [0.1, 0.15) is 0 Å². The largest absolute Gasteiger partial charge is 0.113 e. The molecule has 178 valence electrons. The Morgan fingerprint density at radius 1 is 0.293 bits per heavy atom. The van der Waals surface area contributed by atoms with Crippen molar-refractivity contribution in [2.75, 3.05) is 0 Å². The third-order valence-electron chi connectivity index (χ3n) is 8.15. The third-order valence-corrected chi connectivity index (χ3v) is 8.15. The van der Waals surface area contributed by atoms with Crippen LogP contribution in [0, 0.1) is 0 Å². The van der Waals surface area contributed by atoms with E-state index < -0.39 is 0 Å². The van der Waals surface area contributed by atoms with Gasteiger partial charge in [0.05, 0.1) is 0 Å². The second kappa shape index (κ2) is 9.93. The molecule has 10 radical (unpaired) electrons. The van der Waals surface area contributed by atoms with Crippen LogP contribution in [0.15, 0.2) is 115 Å². The van der Waals surface area contributed by atoms with Gasteiger partial charge in [0.2, 0.25) is 0 Å². The summed E-state index contributed by atoms with van der Waals surface area (Å²) >= 11 is 0. The highest BCUT2D eigenvalue weighted by atomic mass is 14.2. The lowest BCUT2D eigenvalue weighted by Crippen LogP contribution is -2.55. The van der Waals surface area contributed by atoms with Crippen LogP contribution in [0.4, 0.5) is 0 Å². The van der Waals surface area contributed by atoms with E-state index >= 15 is 0 Å². The van der Waals surface area contributed by atoms with Gasteiger partial charge in [0.1, 0.15) is 39.2 Å². The smallest absolute Gasteiger partial charge is 0.112 e. The van der Waals surface area contributed by atoms with Gasteiger partial charge in [0, 0.05) is 0 Å². The summed E-state index contributed by atoms with van der Waals surface area (Å²) in [7, 11) is 31.0. The predicted octanol–water partition coefficient (Wildman–Crippen LogP) is 4.12. The lowest BCUT2D eigenvalue weighted by molar-refractivity contribution is 1.65. The highest BCUT2D eigenvalue weighted by molar-refractivity contribution is 6.68. The van der Waals surface area contributed by atoms with Crippen molar-refractivity contribution in [2.45, 2.75) is 0 Å². The number of fused-ring (bicyclic) bond motifs is 3. The first-order chi connectivity index (χ1) is 20.0. The van der Waals surface area contributed by atoms with Crippen LogP contribution in [0.5, 0.6) is 0 Å². The maximum Gasteiger partial charge on any atom is 0.113 e. The summed E-state index contributed by atoms with van der Waals surface area (Å²) in [6.07, 6.45) is 0. The second-order valence-corrected chi connectivity index (χ2v) is 10.4. The summed E-state index contributed by atoms with van der Waals surface area (Å²) in [5.41, 5.74) is 7.50. The molecule has 0 atom stereocenters. The summed E-state index contributed by atoms with van der Waals surface area (Å²) < 4.78 is 0. The monoisotopic (exact) mass is 506 g/mol. The van der Waals surface area contributed by atoms with Crippen molar-refractivity contribution in [1.82, 2.24) is 0 Å². The molecule has 5 heteroatoms. The molecule has 0 nitrogen and oxygen atoms in total. The molecule has 0 heterocycles. The van der Waals surface area contributed by atoms with Crippen LogP contribution in [-0.4, -0.2) is 39.2 Å². The van der Waals surface area contributed by atoms with E-state index in [0.717, 1.165) is 11.1 Å². The summed E-state index contributed by atoms with van der Waals surface area (Å²) in [5, 5.41) is 7.23. The Kier molecular flexibility index (Phi) is 6.20. The minimum Gasteiger partial charge on any atom is -0.112 e. The van der Waals surface area contributed by atoms with Crippen molar-refractivity contribution in [3.05, 3.63) is 115 Å². The molecule has 0 aliphatic heterocycles. The van der Waals surface area contributed by atoms with Gasteiger partial charge in [-0.2, -0.15) is 0 Å². The maximum atomic E-state index is 6.35. The molecule has 0 aliphatic rings. The van der Waals surface area contributed by atoms with E-state index in [2.05, 4.69) is 103 Å². The fourth-order valence-electron chi connectivity index (χ4n) is 6.14. The van der Waals surface area contributed by atoms with E-state index in [1.165, 1.54) is 49.0 Å². The van der Waals surface area contributed by atoms with E-state index in [9.17, 15) is 0 Å². The van der Waals surface area contributed by atoms with E-state index in [-0.39, 0.29) is 16.4 Å². The molecular weight excluding hydrogens is 486 g/mol. The maximum absolute atomic E-state index is 6.35. The molecule has 0 fully saturated rings. The second-order valence-electron chi connectivity index (χ2n) is 10.4. The van der Waals surface area contributed by atoms with Crippen molar-refractivity contribution in [1.29, 1.82) is 0 Å². The zero-order chi connectivity index (χ0) is 28.2. The van der Waals surface area contributed by atoms with Crippen LogP contribution in [0.2, 0.25) is 0 Å². The number of hydrogen-bond acceptors (Lipinski definition) is 0. The van der Waals surface area contributed by atoms with Crippen molar-refractivity contribution >= 4 is 98.9 Å². The van der Waals surface area contributed by atoms with Crippen LogP contribution < -0.4 is 27.3 Å². The summed E-state index contributed by atoms with van der Waals surface area (Å²) in [6, 6.07) is 40.6. The number of hydrogen-bond donors (Lipinski definition) is 0. The first kappa shape index (κ1) is 25.6. The van der Waals surface area contributed by atoms with Gasteiger partial charge in [-0.1, -0.05) is 126 Å². The first-order valence-corrected chi connectivity index (χ1v) is 13.5. The average Bonchev–Trinajstić information content (AvgIpc) is 3.02. The zero-order valence-electron chi connectivity index (χ0n) is 22.4. The summed E-state index contributed by atoms with van der Waals surface area (Å²) in [4.78, 5) is 0. The van der Waals surface area contributed by atoms with Gasteiger partial charge in [-0.25, -0.2) is 0 Å². The molecule has 0 unspecified atom stereocenters. The molecule has 0 saturated heterocycles. The quantitative estimate of drug-likeness (QED) is 0.251. The van der Waals surface area contributed by atoms with Gasteiger partial charge in [-0.15, -0.1) is 16.4 Å². The Morgan fingerprint density at radius 3 is 1.22 bits per heavy atom. The zero-order valence-corrected chi connectivity index (χ0v) is 22.4. The SMILES string of the molecule is [B]c1c([B])c([B])c(-c2ccc(-c3c4ccccc4c(-c4cccc5ccccc45)c4ccccc34)cc2)c([B])c1[B]. The van der Waals surface area contributed by atoms with Crippen LogP contribution in [-0.2, 0) is 0 Å². The Morgan fingerprint density at radius 2 is 0.683 bits per heavy atom. The Bertz CT molecular complexity index is 2050. The van der Waals surface area contributed by atoms with E-state index in [1.54, 1.807) is 0 Å². The molecule has 7 rings (SSSR count). The molecule has 7 aromatic rings. The predicted molar refractivity (Wildman–Crippen MR) is 182 cm³/mol. The van der Waals surface area contributed by atoms with E-state index in [0.29, 0.717) is 16.5 Å². The Labute approximate surface area is 246 Å². The molecule has 0 aromatic heterocycles. The van der Waals surface area contributed by atoms with Crippen molar-refractivity contribution in [2.24, 2.45) is 0 Å². The normalized spacial score (nSPS) is 11.4. The molecular formula is C36H19B5. The highest BCUT2D eigenvalue weighted by Gasteiger charge is 2.18. The van der Waals surface area contributed by atoms with E-state index in [1.807, 2.05) is 12.1 Å². The Hall–Kier alpha value is -4.36. The third kappa shape index (κ3) is 3.98. The van der Waals surface area contributed by atoms with Crippen molar-refractivity contribution in [3.63, 3.8) is 0 Å². The van der Waals surface area contributed by atoms with Gasteiger partial charge >= 0.3 is 0 Å². The molecule has 0 bridgehead atoms. The van der Waals surface area contributed by atoms with Crippen LogP contribution in [0.3, 0.4) is 0 Å². The van der Waals surface area contributed by atoms with Crippen molar-refractivity contribution < 1.29 is 0 Å². The van der Waals surface area contributed by atoms with Crippen LogP contribution >= 0.6 is 0 Å². The van der Waals surface area contributed by atoms with Crippen LogP contribution in [0.25, 0.3) is 65.7 Å². The standard InChI is InChI=1S/C36H19B5/c37-32-30(33(38)35(40)36(41)34(32)39)22-18-16-21(17-19-22)29-25-11-3-5-13-27(25)31(28-14-6-4-12-26(28)29)24-15-7-9-20-8-1-2-10-23(20)24/h1-19H. The Balaban J connectivity index is 1.50. The molecule has 0 aliphatic carbocycles. The van der Waals surface area contributed by atoms with E-state index in [4.69, 9.17) is 39.2 Å². The highest BCUT2D eigenvalue weighted by Crippen LogP contribution is 2.45. The summed E-state index contributed by atoms with van der Waals surface area (Å²) in [5.74, 6) is 0. The number of benzene rings is 7. The fraction of sp³-hybridized carbons (Fsp3) is 0. The van der Waals surface area contributed by atoms with Crippen molar-refractivity contribution in [3.8, 4) is 33.4 Å². The molecule has 41 heavy (non-hydrogen) atoms. The lowest BCUT2D eigenvalue weighted by atomic mass is 9.59. The molecule has 0 saturated carbocycles. The average molecular weight is 506 g/mol.